The van der Waals surface area contributed by atoms with Crippen molar-refractivity contribution in [1.29, 1.82) is 0 Å². The summed E-state index contributed by atoms with van der Waals surface area (Å²) in [5.74, 6) is 0. The molecule has 2 aromatic rings. The van der Waals surface area contributed by atoms with Gasteiger partial charge >= 0.3 is 0 Å². The van der Waals surface area contributed by atoms with Crippen LogP contribution in [-0.2, 0) is 0 Å². The van der Waals surface area contributed by atoms with Crippen molar-refractivity contribution in [2.24, 2.45) is 0 Å². The van der Waals surface area contributed by atoms with Gasteiger partial charge in [0.2, 0.25) is 0 Å². The van der Waals surface area contributed by atoms with Crippen LogP contribution in [0.1, 0.15) is 24.5 Å². The summed E-state index contributed by atoms with van der Waals surface area (Å²) in [7, 11) is 0. The minimum atomic E-state index is 0.0543. The number of fused-ring (bicyclic) bond motifs is 1. The zero-order valence-electron chi connectivity index (χ0n) is 10.6. The number of benzene rings is 1. The van der Waals surface area contributed by atoms with Crippen LogP contribution in [0.3, 0.4) is 0 Å². The lowest BCUT2D eigenvalue weighted by atomic mass is 10.1. The number of nitrogens with zero attached hydrogens (tertiary/aromatic N) is 1. The Kier molecular flexibility index (Phi) is 4.00. The maximum absolute atomic E-state index is 9.20. The van der Waals surface area contributed by atoms with Crippen molar-refractivity contribution in [3.05, 3.63) is 46.1 Å². The van der Waals surface area contributed by atoms with Crippen LogP contribution in [0.15, 0.2) is 29.8 Å². The third-order valence-corrected chi connectivity index (χ3v) is 3.27. The first kappa shape index (κ1) is 13.1. The third kappa shape index (κ3) is 2.71. The van der Waals surface area contributed by atoms with E-state index in [2.05, 4.69) is 11.1 Å². The summed E-state index contributed by atoms with van der Waals surface area (Å²) in [6.07, 6.45) is 2.72. The van der Waals surface area contributed by atoms with Crippen LogP contribution in [0.5, 0.6) is 0 Å². The van der Waals surface area contributed by atoms with Gasteiger partial charge in [0.15, 0.2) is 0 Å². The molecular formula is C15H16ClNO. The van der Waals surface area contributed by atoms with Crippen LogP contribution >= 0.6 is 11.6 Å². The molecule has 0 spiro atoms. The van der Waals surface area contributed by atoms with Crippen molar-refractivity contribution >= 4 is 28.6 Å². The van der Waals surface area contributed by atoms with E-state index in [1.807, 2.05) is 38.1 Å². The number of aliphatic hydroxyl groups excluding tert-OH is 1. The standard InChI is InChI=1S/C15H16ClNO/c1-3-11(9-18)7-13-8-12-5-4-10(2)6-14(12)17-15(13)16/h4-8,18H,3,9H2,1-2H3. The van der Waals surface area contributed by atoms with E-state index in [1.54, 1.807) is 0 Å². The third-order valence-electron chi connectivity index (χ3n) is 2.97. The molecule has 18 heavy (non-hydrogen) atoms. The van der Waals surface area contributed by atoms with Gasteiger partial charge in [-0.2, -0.15) is 0 Å². The second-order valence-corrected chi connectivity index (χ2v) is 4.74. The molecule has 1 heterocycles. The molecule has 2 rings (SSSR count). The molecule has 2 nitrogen and oxygen atoms in total. The van der Waals surface area contributed by atoms with Crippen LogP contribution in [0, 0.1) is 6.92 Å². The molecule has 0 aliphatic carbocycles. The number of rotatable bonds is 3. The molecule has 0 saturated heterocycles. The van der Waals surface area contributed by atoms with E-state index < -0.39 is 0 Å². The van der Waals surface area contributed by atoms with Gasteiger partial charge in [-0.15, -0.1) is 0 Å². The van der Waals surface area contributed by atoms with Gasteiger partial charge < -0.3 is 5.11 Å². The summed E-state index contributed by atoms with van der Waals surface area (Å²) >= 11 is 6.18. The lowest BCUT2D eigenvalue weighted by Crippen LogP contribution is -1.90. The lowest BCUT2D eigenvalue weighted by Gasteiger charge is -2.05. The Bertz CT molecular complexity index is 599. The first-order valence-corrected chi connectivity index (χ1v) is 6.39. The quantitative estimate of drug-likeness (QED) is 0.848. The molecule has 0 aliphatic rings. The molecule has 94 valence electrons. The molecule has 0 fully saturated rings. The monoisotopic (exact) mass is 261 g/mol. The van der Waals surface area contributed by atoms with E-state index >= 15 is 0 Å². The summed E-state index contributed by atoms with van der Waals surface area (Å²) in [5, 5.41) is 10.7. The molecule has 0 amide bonds. The predicted octanol–water partition coefficient (Wildman–Crippen LogP) is 3.98. The zero-order valence-corrected chi connectivity index (χ0v) is 11.3. The predicted molar refractivity (Wildman–Crippen MR) is 76.8 cm³/mol. The highest BCUT2D eigenvalue weighted by atomic mass is 35.5. The highest BCUT2D eigenvalue weighted by Gasteiger charge is 2.04. The fraction of sp³-hybridized carbons (Fsp3) is 0.267. The fourth-order valence-electron chi connectivity index (χ4n) is 1.85. The van der Waals surface area contributed by atoms with E-state index in [-0.39, 0.29) is 6.61 Å². The van der Waals surface area contributed by atoms with Gasteiger partial charge in [0.25, 0.3) is 0 Å². The van der Waals surface area contributed by atoms with Gasteiger partial charge in [0.1, 0.15) is 5.15 Å². The minimum absolute atomic E-state index is 0.0543. The number of hydrogen-bond acceptors (Lipinski definition) is 2. The Hall–Kier alpha value is -1.38. The Morgan fingerprint density at radius 3 is 2.83 bits per heavy atom. The van der Waals surface area contributed by atoms with Crippen molar-refractivity contribution in [3.8, 4) is 0 Å². The summed E-state index contributed by atoms with van der Waals surface area (Å²) in [6.45, 7) is 4.09. The van der Waals surface area contributed by atoms with Crippen molar-refractivity contribution < 1.29 is 5.11 Å². The largest absolute Gasteiger partial charge is 0.392 e. The van der Waals surface area contributed by atoms with Crippen molar-refractivity contribution in [1.82, 2.24) is 4.98 Å². The van der Waals surface area contributed by atoms with Crippen LogP contribution in [-0.4, -0.2) is 16.7 Å². The van der Waals surface area contributed by atoms with Gasteiger partial charge in [0.05, 0.1) is 12.1 Å². The highest BCUT2D eigenvalue weighted by Crippen LogP contribution is 2.23. The van der Waals surface area contributed by atoms with Gasteiger partial charge in [0, 0.05) is 10.9 Å². The van der Waals surface area contributed by atoms with E-state index in [0.29, 0.717) is 5.15 Å². The van der Waals surface area contributed by atoms with Gasteiger partial charge in [-0.3, -0.25) is 0 Å². The van der Waals surface area contributed by atoms with Gasteiger partial charge in [-0.05, 0) is 36.6 Å². The molecular weight excluding hydrogens is 246 g/mol. The lowest BCUT2D eigenvalue weighted by molar-refractivity contribution is 0.329. The van der Waals surface area contributed by atoms with Gasteiger partial charge in [-0.1, -0.05) is 36.7 Å². The summed E-state index contributed by atoms with van der Waals surface area (Å²) in [6, 6.07) is 8.12. The topological polar surface area (TPSA) is 33.1 Å². The Morgan fingerprint density at radius 2 is 2.17 bits per heavy atom. The second kappa shape index (κ2) is 5.51. The van der Waals surface area contributed by atoms with Crippen LogP contribution < -0.4 is 0 Å². The van der Waals surface area contributed by atoms with E-state index in [1.165, 1.54) is 5.56 Å². The van der Waals surface area contributed by atoms with E-state index in [9.17, 15) is 5.11 Å². The van der Waals surface area contributed by atoms with Crippen LogP contribution in [0.25, 0.3) is 17.0 Å². The highest BCUT2D eigenvalue weighted by molar-refractivity contribution is 6.31. The number of pyridine rings is 1. The molecule has 1 aromatic heterocycles. The maximum Gasteiger partial charge on any atom is 0.136 e. The molecule has 0 bridgehead atoms. The first-order chi connectivity index (χ1) is 8.63. The fourth-order valence-corrected chi connectivity index (χ4v) is 2.05. The first-order valence-electron chi connectivity index (χ1n) is 6.01. The molecule has 3 heteroatoms. The normalized spacial score (nSPS) is 12.1. The van der Waals surface area contributed by atoms with E-state index in [4.69, 9.17) is 11.6 Å². The minimum Gasteiger partial charge on any atom is -0.392 e. The molecule has 0 radical (unpaired) electrons. The Balaban J connectivity index is 2.56. The molecule has 0 unspecified atom stereocenters. The molecule has 0 saturated carbocycles. The van der Waals surface area contributed by atoms with Gasteiger partial charge in [-0.25, -0.2) is 4.98 Å². The zero-order chi connectivity index (χ0) is 13.1. The summed E-state index contributed by atoms with van der Waals surface area (Å²) in [5.41, 5.74) is 3.88. The van der Waals surface area contributed by atoms with Crippen molar-refractivity contribution in [2.45, 2.75) is 20.3 Å². The maximum atomic E-state index is 9.20. The molecule has 0 aliphatic heterocycles. The smallest absolute Gasteiger partial charge is 0.136 e. The Labute approximate surface area is 112 Å². The number of hydrogen-bond donors (Lipinski definition) is 1. The average molecular weight is 262 g/mol. The van der Waals surface area contributed by atoms with E-state index in [0.717, 1.165) is 28.5 Å². The Morgan fingerprint density at radius 1 is 1.39 bits per heavy atom. The summed E-state index contributed by atoms with van der Waals surface area (Å²) < 4.78 is 0. The number of halogens is 1. The SMILES string of the molecule is CCC(=Cc1cc2ccc(C)cc2nc1Cl)CO. The van der Waals surface area contributed by atoms with Crippen LogP contribution in [0.4, 0.5) is 0 Å². The molecule has 1 N–H and O–H groups in total. The van der Waals surface area contributed by atoms with Crippen LogP contribution in [0.2, 0.25) is 5.15 Å². The summed E-state index contributed by atoms with van der Waals surface area (Å²) in [4.78, 5) is 4.40. The average Bonchev–Trinajstić information content (AvgIpc) is 2.36. The second-order valence-electron chi connectivity index (χ2n) is 4.38. The number of aromatic nitrogens is 1. The number of aliphatic hydroxyl groups is 1. The van der Waals surface area contributed by atoms with Crippen molar-refractivity contribution in [3.63, 3.8) is 0 Å². The molecule has 0 atom stereocenters. The molecule has 1 aromatic carbocycles. The van der Waals surface area contributed by atoms with Crippen molar-refractivity contribution in [2.75, 3.05) is 6.61 Å². The number of aryl methyl sites for hydroxylation is 1.